The van der Waals surface area contributed by atoms with Gasteiger partial charge in [-0.3, -0.25) is 19.3 Å². The third-order valence-electron chi connectivity index (χ3n) is 5.18. The van der Waals surface area contributed by atoms with Crippen molar-refractivity contribution in [2.75, 3.05) is 19.4 Å². The zero-order valence-electron chi connectivity index (χ0n) is 18.1. The Labute approximate surface area is 195 Å². The van der Waals surface area contributed by atoms with Gasteiger partial charge in [0.05, 0.1) is 24.0 Å². The van der Waals surface area contributed by atoms with Gasteiger partial charge in [0.25, 0.3) is 11.8 Å². The molecule has 3 amide bonds. The molecule has 1 N–H and O–H groups in total. The highest BCUT2D eigenvalue weighted by Crippen LogP contribution is 2.23. The molecule has 0 saturated carbocycles. The van der Waals surface area contributed by atoms with E-state index in [1.807, 2.05) is 10.8 Å². The first kappa shape index (κ1) is 23.1. The van der Waals surface area contributed by atoms with Gasteiger partial charge in [-0.1, -0.05) is 24.3 Å². The van der Waals surface area contributed by atoms with Crippen molar-refractivity contribution in [3.05, 3.63) is 77.9 Å². The van der Waals surface area contributed by atoms with Crippen LogP contribution >= 0.6 is 0 Å². The van der Waals surface area contributed by atoms with Crippen LogP contribution in [-0.4, -0.2) is 60.4 Å². The lowest BCUT2D eigenvalue weighted by atomic mass is 10.1. The molecule has 3 aromatic rings. The Morgan fingerprint density at radius 1 is 0.971 bits per heavy atom. The van der Waals surface area contributed by atoms with E-state index in [0.717, 1.165) is 10.5 Å². The maximum absolute atomic E-state index is 12.4. The summed E-state index contributed by atoms with van der Waals surface area (Å²) in [6.07, 6.45) is 2.78. The first-order valence-corrected chi connectivity index (χ1v) is 11.9. The minimum Gasteiger partial charge on any atom is -0.497 e. The van der Waals surface area contributed by atoms with Crippen LogP contribution in [0.4, 0.5) is 0 Å². The van der Waals surface area contributed by atoms with E-state index in [1.165, 1.54) is 12.4 Å². The van der Waals surface area contributed by atoms with Gasteiger partial charge in [-0.15, -0.1) is 0 Å². The molecule has 11 heteroatoms. The third kappa shape index (κ3) is 4.79. The summed E-state index contributed by atoms with van der Waals surface area (Å²) >= 11 is 0. The number of fused-ring (bicyclic) bond motifs is 1. The number of carbonyl (C=O) groups excluding carboxylic acids is 3. The fourth-order valence-corrected chi connectivity index (χ4v) is 4.47. The highest BCUT2D eigenvalue weighted by molar-refractivity contribution is 7.90. The molecule has 10 nitrogen and oxygen atoms in total. The maximum Gasteiger partial charge on any atom is 0.302 e. The lowest BCUT2D eigenvalue weighted by molar-refractivity contribution is 0.0654. The minimum atomic E-state index is -4.04. The lowest BCUT2D eigenvalue weighted by Crippen LogP contribution is -2.36. The lowest BCUT2D eigenvalue weighted by Gasteiger charge is -2.13. The molecule has 4 rings (SSSR count). The molecule has 0 aliphatic carbocycles. The second-order valence-electron chi connectivity index (χ2n) is 7.44. The van der Waals surface area contributed by atoms with Crippen LogP contribution in [0.25, 0.3) is 11.1 Å². The molecule has 0 atom stereocenters. The number of hydrogen-bond donors (Lipinski definition) is 1. The molecule has 0 unspecified atom stereocenters. The first-order chi connectivity index (χ1) is 16.3. The van der Waals surface area contributed by atoms with Crippen LogP contribution in [-0.2, 0) is 10.0 Å². The number of carbonyl (C=O) groups is 3. The highest BCUT2D eigenvalue weighted by Gasteiger charge is 2.34. The van der Waals surface area contributed by atoms with E-state index in [-0.39, 0.29) is 18.8 Å². The van der Waals surface area contributed by atoms with Crippen molar-refractivity contribution >= 4 is 27.7 Å². The number of nitrogens with zero attached hydrogens (tertiary/aromatic N) is 3. The van der Waals surface area contributed by atoms with E-state index < -0.39 is 33.5 Å². The van der Waals surface area contributed by atoms with E-state index in [0.29, 0.717) is 22.4 Å². The molecule has 1 aromatic heterocycles. The predicted molar refractivity (Wildman–Crippen MR) is 122 cm³/mol. The van der Waals surface area contributed by atoms with Crippen molar-refractivity contribution in [3.63, 3.8) is 0 Å². The quantitative estimate of drug-likeness (QED) is 0.483. The van der Waals surface area contributed by atoms with Gasteiger partial charge in [0, 0.05) is 24.5 Å². The average Bonchev–Trinajstić information content (AvgIpc) is 3.09. The molecule has 1 aliphatic heterocycles. The molecule has 2 aromatic carbocycles. The van der Waals surface area contributed by atoms with Gasteiger partial charge in [-0.05, 0) is 36.2 Å². The monoisotopic (exact) mass is 480 g/mol. The predicted octanol–water partition coefficient (Wildman–Crippen LogP) is 1.90. The Morgan fingerprint density at radius 3 is 2.24 bits per heavy atom. The molecule has 0 fully saturated rings. The van der Waals surface area contributed by atoms with Crippen LogP contribution in [0.15, 0.2) is 60.9 Å². The van der Waals surface area contributed by atoms with E-state index in [4.69, 9.17) is 4.74 Å². The average molecular weight is 481 g/mol. The maximum atomic E-state index is 12.4. The number of aromatic nitrogens is 2. The molecule has 0 radical (unpaired) electrons. The fraction of sp³-hybridized carbons (Fsp3) is 0.174. The Bertz CT molecular complexity index is 1340. The number of benzene rings is 2. The summed E-state index contributed by atoms with van der Waals surface area (Å²) in [6, 6.07) is 13.6. The zero-order valence-corrected chi connectivity index (χ0v) is 18.9. The van der Waals surface area contributed by atoms with Crippen molar-refractivity contribution in [2.24, 2.45) is 0 Å². The standard InChI is InChI=1S/C23H20N4O6S/c1-33-17-7-4-6-15(12-17)16-13-24-20(25-14-16)21(28)26-34(31,32)11-5-10-27-22(29)18-8-2-3-9-19(18)23(27)30/h2-4,6-9,12-14H,5,10-11H2,1H3,(H,26,28). The molecule has 0 saturated heterocycles. The summed E-state index contributed by atoms with van der Waals surface area (Å²) in [4.78, 5) is 45.9. The first-order valence-electron chi connectivity index (χ1n) is 10.3. The number of amides is 3. The summed E-state index contributed by atoms with van der Waals surface area (Å²) < 4.78 is 31.8. The van der Waals surface area contributed by atoms with Crippen molar-refractivity contribution in [1.29, 1.82) is 0 Å². The van der Waals surface area contributed by atoms with Crippen molar-refractivity contribution in [2.45, 2.75) is 6.42 Å². The van der Waals surface area contributed by atoms with E-state index in [2.05, 4.69) is 9.97 Å². The molecule has 2 heterocycles. The van der Waals surface area contributed by atoms with Gasteiger partial charge in [-0.25, -0.2) is 23.1 Å². The summed E-state index contributed by atoms with van der Waals surface area (Å²) in [7, 11) is -2.49. The van der Waals surface area contributed by atoms with Crippen molar-refractivity contribution in [1.82, 2.24) is 19.6 Å². The molecular weight excluding hydrogens is 460 g/mol. The summed E-state index contributed by atoms with van der Waals surface area (Å²) in [6.45, 7) is -0.0901. The summed E-state index contributed by atoms with van der Waals surface area (Å²) in [5, 5.41) is 0. The Morgan fingerprint density at radius 2 is 1.62 bits per heavy atom. The normalized spacial score (nSPS) is 13.0. The van der Waals surface area contributed by atoms with Gasteiger partial charge in [0.2, 0.25) is 15.8 Å². The number of hydrogen-bond acceptors (Lipinski definition) is 8. The molecule has 34 heavy (non-hydrogen) atoms. The molecule has 174 valence electrons. The molecule has 1 aliphatic rings. The Balaban J connectivity index is 1.34. The zero-order chi connectivity index (χ0) is 24.3. The van der Waals surface area contributed by atoms with Crippen LogP contribution in [0.1, 0.15) is 37.8 Å². The number of sulfonamides is 1. The highest BCUT2D eigenvalue weighted by atomic mass is 32.2. The largest absolute Gasteiger partial charge is 0.497 e. The Hall–Kier alpha value is -4.12. The number of rotatable bonds is 8. The van der Waals surface area contributed by atoms with Crippen LogP contribution in [0.5, 0.6) is 5.75 Å². The number of ether oxygens (including phenoxy) is 1. The number of imide groups is 1. The minimum absolute atomic E-state index is 0.0380. The van der Waals surface area contributed by atoms with Crippen LogP contribution in [0, 0.1) is 0 Å². The van der Waals surface area contributed by atoms with E-state index >= 15 is 0 Å². The molecule has 0 spiro atoms. The second kappa shape index (κ2) is 9.40. The molecule has 0 bridgehead atoms. The van der Waals surface area contributed by atoms with Gasteiger partial charge in [0.1, 0.15) is 5.75 Å². The van der Waals surface area contributed by atoms with Crippen LogP contribution < -0.4 is 9.46 Å². The summed E-state index contributed by atoms with van der Waals surface area (Å²) in [5.74, 6) is -2.04. The van der Waals surface area contributed by atoms with Gasteiger partial charge < -0.3 is 4.74 Å². The topological polar surface area (TPSA) is 136 Å². The van der Waals surface area contributed by atoms with E-state index in [1.54, 1.807) is 49.6 Å². The van der Waals surface area contributed by atoms with E-state index in [9.17, 15) is 22.8 Å². The van der Waals surface area contributed by atoms with Gasteiger partial charge in [0.15, 0.2) is 0 Å². The summed E-state index contributed by atoms with van der Waals surface area (Å²) in [5.41, 5.74) is 1.97. The smallest absolute Gasteiger partial charge is 0.302 e. The third-order valence-corrected chi connectivity index (χ3v) is 6.50. The van der Waals surface area contributed by atoms with Crippen LogP contribution in [0.3, 0.4) is 0 Å². The van der Waals surface area contributed by atoms with Gasteiger partial charge >= 0.3 is 5.91 Å². The number of methoxy groups -OCH3 is 1. The fourth-order valence-electron chi connectivity index (χ4n) is 3.49. The Kier molecular flexibility index (Phi) is 6.37. The van der Waals surface area contributed by atoms with Crippen molar-refractivity contribution < 1.29 is 27.5 Å². The SMILES string of the molecule is COc1cccc(-c2cnc(C(=O)NS(=O)(=O)CCCN3C(=O)c4ccccc4C3=O)nc2)c1. The van der Waals surface area contributed by atoms with Crippen LogP contribution in [0.2, 0.25) is 0 Å². The number of nitrogens with one attached hydrogen (secondary N) is 1. The molecular formula is C23H20N4O6S. The second-order valence-corrected chi connectivity index (χ2v) is 9.28. The van der Waals surface area contributed by atoms with Gasteiger partial charge in [-0.2, -0.15) is 0 Å². The van der Waals surface area contributed by atoms with Crippen molar-refractivity contribution in [3.8, 4) is 16.9 Å².